The Morgan fingerprint density at radius 2 is 1.63 bits per heavy atom. The molecule has 1 heteroatoms. The van der Waals surface area contributed by atoms with Crippen LogP contribution in [0.4, 0.5) is 0 Å². The molecule has 1 atom stereocenters. The topological polar surface area (TPSA) is 17.1 Å². The number of aldehydes is 1. The van der Waals surface area contributed by atoms with Crippen molar-refractivity contribution >= 4 is 6.29 Å². The van der Waals surface area contributed by atoms with Crippen molar-refractivity contribution in [3.8, 4) is 11.1 Å². The maximum atomic E-state index is 11.3. The van der Waals surface area contributed by atoms with Crippen molar-refractivity contribution in [2.75, 3.05) is 0 Å². The van der Waals surface area contributed by atoms with Gasteiger partial charge in [-0.3, -0.25) is 0 Å². The van der Waals surface area contributed by atoms with Crippen LogP contribution in [0.2, 0.25) is 0 Å². The minimum atomic E-state index is 0.00339. The van der Waals surface area contributed by atoms with E-state index in [1.807, 2.05) is 30.3 Å². The molecule has 0 aliphatic carbocycles. The van der Waals surface area contributed by atoms with E-state index in [9.17, 15) is 4.79 Å². The molecule has 0 spiro atoms. The minimum Gasteiger partial charge on any atom is -0.303 e. The molecule has 0 bridgehead atoms. The lowest BCUT2D eigenvalue weighted by Gasteiger charge is -2.14. The molecule has 0 heterocycles. The van der Waals surface area contributed by atoms with Crippen molar-refractivity contribution in [2.45, 2.75) is 26.2 Å². The fourth-order valence-electron chi connectivity index (χ4n) is 2.36. The van der Waals surface area contributed by atoms with Crippen LogP contribution < -0.4 is 0 Å². The molecule has 1 nitrogen and oxygen atoms in total. The highest BCUT2D eigenvalue weighted by atomic mass is 16.1. The molecular weight excluding hydrogens is 232 g/mol. The van der Waals surface area contributed by atoms with Crippen LogP contribution in [0.15, 0.2) is 54.6 Å². The summed E-state index contributed by atoms with van der Waals surface area (Å²) in [6.45, 7) is 4.30. The number of hydrogen-bond acceptors (Lipinski definition) is 1. The van der Waals surface area contributed by atoms with Gasteiger partial charge in [0.1, 0.15) is 6.29 Å². The molecule has 19 heavy (non-hydrogen) atoms. The molecule has 0 fully saturated rings. The molecule has 2 aromatic carbocycles. The van der Waals surface area contributed by atoms with Gasteiger partial charge in [0.2, 0.25) is 0 Å². The second kappa shape index (κ2) is 6.33. The van der Waals surface area contributed by atoms with Crippen LogP contribution in [-0.2, 0) is 4.79 Å². The number of carbonyl (C=O) groups excluding carboxylic acids is 1. The summed E-state index contributed by atoms with van der Waals surface area (Å²) < 4.78 is 0. The van der Waals surface area contributed by atoms with Crippen molar-refractivity contribution in [3.63, 3.8) is 0 Å². The highest BCUT2D eigenvalue weighted by Gasteiger charge is 2.13. The molecule has 0 saturated heterocycles. The van der Waals surface area contributed by atoms with Crippen LogP contribution in [0, 0.1) is 5.92 Å². The number of rotatable bonds is 5. The van der Waals surface area contributed by atoms with E-state index in [0.29, 0.717) is 5.92 Å². The van der Waals surface area contributed by atoms with Crippen molar-refractivity contribution in [1.29, 1.82) is 0 Å². The van der Waals surface area contributed by atoms with Crippen LogP contribution in [0.1, 0.15) is 31.7 Å². The molecular formula is C18H20O. The maximum Gasteiger partial charge on any atom is 0.127 e. The Morgan fingerprint density at radius 3 is 2.26 bits per heavy atom. The van der Waals surface area contributed by atoms with Gasteiger partial charge in [-0.05, 0) is 29.0 Å². The Balaban J connectivity index is 2.31. The largest absolute Gasteiger partial charge is 0.303 e. The molecule has 1 unspecified atom stereocenters. The Morgan fingerprint density at radius 1 is 0.947 bits per heavy atom. The van der Waals surface area contributed by atoms with Crippen LogP contribution in [0.25, 0.3) is 11.1 Å². The van der Waals surface area contributed by atoms with E-state index in [1.54, 1.807) is 0 Å². The first-order chi connectivity index (χ1) is 9.20. The second-order valence-corrected chi connectivity index (χ2v) is 5.36. The SMILES string of the molecule is CC(C)CC(C=O)c1cccc(-c2ccccc2)c1. The van der Waals surface area contributed by atoms with Gasteiger partial charge < -0.3 is 4.79 Å². The van der Waals surface area contributed by atoms with Crippen molar-refractivity contribution < 1.29 is 4.79 Å². The van der Waals surface area contributed by atoms with E-state index < -0.39 is 0 Å². The lowest BCUT2D eigenvalue weighted by molar-refractivity contribution is -0.109. The molecule has 0 saturated carbocycles. The third-order valence-corrected chi connectivity index (χ3v) is 3.31. The van der Waals surface area contributed by atoms with Gasteiger partial charge in [0.25, 0.3) is 0 Å². The van der Waals surface area contributed by atoms with Gasteiger partial charge in [-0.2, -0.15) is 0 Å². The quantitative estimate of drug-likeness (QED) is 0.706. The summed E-state index contributed by atoms with van der Waals surface area (Å²) in [6, 6.07) is 18.6. The summed E-state index contributed by atoms with van der Waals surface area (Å²) in [6.07, 6.45) is 1.98. The fourth-order valence-corrected chi connectivity index (χ4v) is 2.36. The molecule has 2 rings (SSSR count). The minimum absolute atomic E-state index is 0.00339. The average Bonchev–Trinajstić information content (AvgIpc) is 2.45. The van der Waals surface area contributed by atoms with Crippen LogP contribution in [0.5, 0.6) is 0 Å². The number of carbonyl (C=O) groups is 1. The van der Waals surface area contributed by atoms with Crippen molar-refractivity contribution in [3.05, 3.63) is 60.2 Å². The summed E-state index contributed by atoms with van der Waals surface area (Å²) >= 11 is 0. The lowest BCUT2D eigenvalue weighted by atomic mass is 9.90. The predicted molar refractivity (Wildman–Crippen MR) is 80.1 cm³/mol. The monoisotopic (exact) mass is 252 g/mol. The first-order valence-corrected chi connectivity index (χ1v) is 6.81. The molecule has 0 amide bonds. The van der Waals surface area contributed by atoms with E-state index in [0.717, 1.165) is 18.3 Å². The zero-order chi connectivity index (χ0) is 13.7. The first-order valence-electron chi connectivity index (χ1n) is 6.81. The van der Waals surface area contributed by atoms with Crippen molar-refractivity contribution in [1.82, 2.24) is 0 Å². The molecule has 0 N–H and O–H groups in total. The van der Waals surface area contributed by atoms with Crippen molar-refractivity contribution in [2.24, 2.45) is 5.92 Å². The Hall–Kier alpha value is -1.89. The van der Waals surface area contributed by atoms with E-state index in [2.05, 4.69) is 38.1 Å². The molecule has 2 aromatic rings. The molecule has 0 aromatic heterocycles. The third kappa shape index (κ3) is 3.54. The Bertz CT molecular complexity index is 528. The van der Waals surface area contributed by atoms with Gasteiger partial charge in [0.05, 0.1) is 0 Å². The second-order valence-electron chi connectivity index (χ2n) is 5.36. The summed E-state index contributed by atoms with van der Waals surface area (Å²) in [5.74, 6) is 0.527. The van der Waals surface area contributed by atoms with Gasteiger partial charge >= 0.3 is 0 Å². The van der Waals surface area contributed by atoms with Gasteiger partial charge in [-0.15, -0.1) is 0 Å². The van der Waals surface area contributed by atoms with E-state index in [1.165, 1.54) is 11.1 Å². The van der Waals surface area contributed by atoms with Crippen LogP contribution in [0.3, 0.4) is 0 Å². The Labute approximate surface area is 115 Å². The van der Waals surface area contributed by atoms with Crippen LogP contribution >= 0.6 is 0 Å². The summed E-state index contributed by atoms with van der Waals surface area (Å²) in [5.41, 5.74) is 3.48. The summed E-state index contributed by atoms with van der Waals surface area (Å²) in [5, 5.41) is 0. The molecule has 0 radical (unpaired) electrons. The van der Waals surface area contributed by atoms with Gasteiger partial charge in [0, 0.05) is 5.92 Å². The Kier molecular flexibility index (Phi) is 4.51. The van der Waals surface area contributed by atoms with Gasteiger partial charge in [0.15, 0.2) is 0 Å². The average molecular weight is 252 g/mol. The molecule has 0 aliphatic rings. The van der Waals surface area contributed by atoms with Gasteiger partial charge in [-0.1, -0.05) is 68.4 Å². The predicted octanol–water partition coefficient (Wildman–Crippen LogP) is 4.68. The summed E-state index contributed by atoms with van der Waals surface area (Å²) in [4.78, 5) is 11.3. The van der Waals surface area contributed by atoms with E-state index in [-0.39, 0.29) is 5.92 Å². The van der Waals surface area contributed by atoms with E-state index >= 15 is 0 Å². The van der Waals surface area contributed by atoms with E-state index in [4.69, 9.17) is 0 Å². The fraction of sp³-hybridized carbons (Fsp3) is 0.278. The zero-order valence-electron chi connectivity index (χ0n) is 11.5. The first kappa shape index (κ1) is 13.5. The van der Waals surface area contributed by atoms with Gasteiger partial charge in [-0.25, -0.2) is 0 Å². The maximum absolute atomic E-state index is 11.3. The molecule has 98 valence electrons. The zero-order valence-corrected chi connectivity index (χ0v) is 11.5. The molecule has 0 aliphatic heterocycles. The lowest BCUT2D eigenvalue weighted by Crippen LogP contribution is -2.04. The smallest absolute Gasteiger partial charge is 0.127 e. The highest BCUT2D eigenvalue weighted by molar-refractivity contribution is 5.68. The third-order valence-electron chi connectivity index (χ3n) is 3.31. The highest BCUT2D eigenvalue weighted by Crippen LogP contribution is 2.26. The number of benzene rings is 2. The summed E-state index contributed by atoms with van der Waals surface area (Å²) in [7, 11) is 0. The number of hydrogen-bond donors (Lipinski definition) is 0. The normalized spacial score (nSPS) is 12.4. The van der Waals surface area contributed by atoms with Crippen LogP contribution in [-0.4, -0.2) is 6.29 Å². The standard InChI is InChI=1S/C18H20O/c1-14(2)11-18(13-19)17-10-6-9-16(12-17)15-7-4-3-5-8-15/h3-10,12-14,18H,11H2,1-2H3.